The molecule has 0 amide bonds. The molecule has 5 rings (SSSR count). The Labute approximate surface area is 208 Å². The molecule has 34 heavy (non-hydrogen) atoms. The minimum absolute atomic E-state index is 0.0498. The first-order chi connectivity index (χ1) is 16.2. The summed E-state index contributed by atoms with van der Waals surface area (Å²) in [7, 11) is 0. The second-order valence-electron chi connectivity index (χ2n) is 11.7. The van der Waals surface area contributed by atoms with Gasteiger partial charge in [-0.15, -0.1) is 0 Å². The highest BCUT2D eigenvalue weighted by atomic mass is 32.2. The minimum atomic E-state index is -0.159. The molecule has 8 atom stereocenters. The van der Waals surface area contributed by atoms with Gasteiger partial charge in [0.25, 0.3) is 0 Å². The van der Waals surface area contributed by atoms with Crippen LogP contribution in [0.4, 0.5) is 0 Å². The monoisotopic (exact) mass is 481 g/mol. The van der Waals surface area contributed by atoms with Crippen LogP contribution in [0.5, 0.6) is 0 Å². The summed E-state index contributed by atoms with van der Waals surface area (Å²) in [6, 6.07) is 5.96. The number of esters is 1. The molecule has 1 aromatic heterocycles. The third-order valence-corrected chi connectivity index (χ3v) is 11.2. The second kappa shape index (κ2) is 9.11. The fourth-order valence-electron chi connectivity index (χ4n) is 8.28. The number of fused-ring (bicyclic) bond motifs is 5. The lowest BCUT2D eigenvalue weighted by atomic mass is 9.47. The summed E-state index contributed by atoms with van der Waals surface area (Å²) in [5, 5.41) is 0.473. The number of allylic oxidation sites excluding steroid dienone is 1. The Bertz CT molecular complexity index is 977. The van der Waals surface area contributed by atoms with Crippen LogP contribution in [-0.2, 0) is 14.3 Å². The number of carbonyl (C=O) groups excluding carboxylic acids is 2. The van der Waals surface area contributed by atoms with Crippen LogP contribution in [0.3, 0.4) is 0 Å². The van der Waals surface area contributed by atoms with E-state index in [4.69, 9.17) is 4.74 Å². The van der Waals surface area contributed by atoms with Gasteiger partial charge in [0.2, 0.25) is 0 Å². The maximum absolute atomic E-state index is 13.5. The first-order valence-electron chi connectivity index (χ1n) is 13.2. The number of ether oxygens (including phenoxy) is 1. The summed E-state index contributed by atoms with van der Waals surface area (Å²) in [6.07, 6.45) is 13.1. The molecular weight excluding hydrogens is 442 g/mol. The summed E-state index contributed by atoms with van der Waals surface area (Å²) in [6.45, 7) is 8.53. The number of carbonyl (C=O) groups is 2. The van der Waals surface area contributed by atoms with E-state index in [1.165, 1.54) is 37.1 Å². The summed E-state index contributed by atoms with van der Waals surface area (Å²) < 4.78 is 5.59. The molecule has 1 aromatic rings. The number of pyridine rings is 1. The topological polar surface area (TPSA) is 56.3 Å². The van der Waals surface area contributed by atoms with E-state index in [2.05, 4.69) is 31.8 Å². The Balaban J connectivity index is 1.31. The molecule has 3 saturated carbocycles. The molecule has 0 spiro atoms. The zero-order valence-electron chi connectivity index (χ0n) is 21.1. The van der Waals surface area contributed by atoms with E-state index in [1.54, 1.807) is 0 Å². The molecule has 4 aliphatic carbocycles. The maximum atomic E-state index is 13.5. The van der Waals surface area contributed by atoms with Crippen molar-refractivity contribution in [3.63, 3.8) is 0 Å². The number of thioether (sulfide) groups is 1. The molecule has 5 heteroatoms. The van der Waals surface area contributed by atoms with Crippen LogP contribution in [0, 0.1) is 34.5 Å². The van der Waals surface area contributed by atoms with Gasteiger partial charge in [-0.2, -0.15) is 0 Å². The largest absolute Gasteiger partial charge is 0.462 e. The minimum Gasteiger partial charge on any atom is -0.462 e. The quantitative estimate of drug-likeness (QED) is 0.345. The van der Waals surface area contributed by atoms with Crippen molar-refractivity contribution in [1.82, 2.24) is 4.98 Å². The van der Waals surface area contributed by atoms with E-state index in [0.717, 1.165) is 44.2 Å². The molecule has 0 aliphatic heterocycles. The van der Waals surface area contributed by atoms with Crippen LogP contribution < -0.4 is 0 Å². The van der Waals surface area contributed by atoms with E-state index in [9.17, 15) is 9.59 Å². The van der Waals surface area contributed by atoms with Gasteiger partial charge in [0.1, 0.15) is 6.10 Å². The molecule has 4 nitrogen and oxygen atoms in total. The van der Waals surface area contributed by atoms with Crippen molar-refractivity contribution in [2.24, 2.45) is 34.5 Å². The van der Waals surface area contributed by atoms with Crippen LogP contribution in [0.2, 0.25) is 0 Å². The van der Waals surface area contributed by atoms with Crippen molar-refractivity contribution in [3.05, 3.63) is 41.7 Å². The van der Waals surface area contributed by atoms with Crippen molar-refractivity contribution in [2.45, 2.75) is 90.4 Å². The van der Waals surface area contributed by atoms with Gasteiger partial charge in [-0.05, 0) is 92.6 Å². The fraction of sp³-hybridized carbons (Fsp3) is 0.690. The summed E-state index contributed by atoms with van der Waals surface area (Å²) >= 11 is 1.50. The smallest absolute Gasteiger partial charge is 0.302 e. The van der Waals surface area contributed by atoms with Crippen molar-refractivity contribution >= 4 is 22.8 Å². The highest BCUT2D eigenvalue weighted by Crippen LogP contribution is 2.66. The summed E-state index contributed by atoms with van der Waals surface area (Å²) in [4.78, 5) is 29.5. The molecule has 0 radical (unpaired) electrons. The Morgan fingerprint density at radius 2 is 1.94 bits per heavy atom. The molecule has 4 aliphatic rings. The predicted molar refractivity (Wildman–Crippen MR) is 136 cm³/mol. The molecule has 0 unspecified atom stereocenters. The molecule has 1 heterocycles. The number of hydrogen-bond acceptors (Lipinski definition) is 5. The van der Waals surface area contributed by atoms with Gasteiger partial charge in [-0.3, -0.25) is 14.6 Å². The molecule has 0 aromatic carbocycles. The van der Waals surface area contributed by atoms with Crippen LogP contribution in [-0.4, -0.2) is 22.2 Å². The Hall–Kier alpha value is -1.62. The van der Waals surface area contributed by atoms with E-state index >= 15 is 0 Å². The van der Waals surface area contributed by atoms with Crippen molar-refractivity contribution < 1.29 is 14.3 Å². The van der Waals surface area contributed by atoms with Crippen molar-refractivity contribution in [1.29, 1.82) is 0 Å². The normalized spacial score (nSPS) is 39.8. The summed E-state index contributed by atoms with van der Waals surface area (Å²) in [5.74, 6) is 2.00. The van der Waals surface area contributed by atoms with Gasteiger partial charge < -0.3 is 4.74 Å². The lowest BCUT2D eigenvalue weighted by molar-refractivity contribution is -0.148. The maximum Gasteiger partial charge on any atom is 0.302 e. The number of rotatable bonds is 4. The molecule has 0 N–H and O–H groups in total. The summed E-state index contributed by atoms with van der Waals surface area (Å²) in [5.41, 5.74) is 2.86. The number of hydrogen-bond donors (Lipinski definition) is 0. The molecular formula is C29H39NO3S. The van der Waals surface area contributed by atoms with Gasteiger partial charge in [0.05, 0.1) is 10.9 Å². The van der Waals surface area contributed by atoms with Crippen LogP contribution >= 0.6 is 11.8 Å². The van der Waals surface area contributed by atoms with Gasteiger partial charge in [-0.1, -0.05) is 43.3 Å². The highest BCUT2D eigenvalue weighted by molar-refractivity contribution is 8.13. The average molecular weight is 482 g/mol. The van der Waals surface area contributed by atoms with Crippen LogP contribution in [0.15, 0.2) is 36.0 Å². The van der Waals surface area contributed by atoms with Crippen LogP contribution in [0.1, 0.15) is 90.0 Å². The van der Waals surface area contributed by atoms with Crippen molar-refractivity contribution in [2.75, 3.05) is 0 Å². The zero-order chi connectivity index (χ0) is 24.1. The van der Waals surface area contributed by atoms with Gasteiger partial charge in [0.15, 0.2) is 5.12 Å². The van der Waals surface area contributed by atoms with Gasteiger partial charge >= 0.3 is 5.97 Å². The molecule has 3 fully saturated rings. The van der Waals surface area contributed by atoms with Gasteiger partial charge in [-0.25, -0.2) is 0 Å². The first-order valence-corrected chi connectivity index (χ1v) is 14.1. The van der Waals surface area contributed by atoms with Crippen LogP contribution in [0.25, 0.3) is 0 Å². The van der Waals surface area contributed by atoms with Gasteiger partial charge in [0, 0.05) is 25.5 Å². The van der Waals surface area contributed by atoms with E-state index in [-0.39, 0.29) is 34.1 Å². The van der Waals surface area contributed by atoms with E-state index in [0.29, 0.717) is 22.9 Å². The predicted octanol–water partition coefficient (Wildman–Crippen LogP) is 6.91. The lowest BCUT2D eigenvalue weighted by Gasteiger charge is -2.58. The molecule has 0 bridgehead atoms. The Morgan fingerprint density at radius 3 is 2.68 bits per heavy atom. The third kappa shape index (κ3) is 4.06. The van der Waals surface area contributed by atoms with E-state index < -0.39 is 0 Å². The van der Waals surface area contributed by atoms with Crippen molar-refractivity contribution in [3.8, 4) is 0 Å². The number of aromatic nitrogens is 1. The zero-order valence-corrected chi connectivity index (χ0v) is 21.9. The highest BCUT2D eigenvalue weighted by Gasteiger charge is 2.60. The van der Waals surface area contributed by atoms with E-state index in [1.807, 2.05) is 24.4 Å². The number of nitrogens with zero attached hydrogens (tertiary/aromatic N) is 1. The third-order valence-electron chi connectivity index (χ3n) is 10.1. The average Bonchev–Trinajstić information content (AvgIpc) is 3.17. The molecule has 184 valence electrons. The fourth-order valence-corrected chi connectivity index (χ4v) is 9.44. The SMILES string of the molecule is CC(=O)O[C@H]1CC[C@@]2(C)C(=CC[C@H]3[C@@H]4CC[C@H](C(=O)S[C@@H](C)c5ccccn5)[C@@]4(C)CC[C@@H]32)C1. The Morgan fingerprint density at radius 1 is 1.12 bits per heavy atom. The second-order valence-corrected chi connectivity index (χ2v) is 13.1. The molecule has 0 saturated heterocycles. The Kier molecular flexibility index (Phi) is 6.46. The lowest BCUT2D eigenvalue weighted by Crippen LogP contribution is -2.51. The first kappa shape index (κ1) is 24.1. The standard InChI is InChI=1S/C29H39NO3S/c1-18(26-7-5-6-16-30-26)34-27(32)25-11-10-23-22-9-8-20-17-21(33-19(2)31)12-14-28(20,3)24(22)13-15-29(23,25)4/h5-8,16,18,21-25H,9-15,17H2,1-4H3/t18-,21-,22-,23-,24-,25+,28-,29-/m0/s1.